The van der Waals surface area contributed by atoms with Crippen molar-refractivity contribution in [3.05, 3.63) is 90.9 Å². The van der Waals surface area contributed by atoms with Gasteiger partial charge in [0.1, 0.15) is 5.75 Å². The highest BCUT2D eigenvalue weighted by atomic mass is 32.1. The lowest BCUT2D eigenvalue weighted by molar-refractivity contribution is -0.136. The van der Waals surface area contributed by atoms with Gasteiger partial charge in [-0.3, -0.25) is 14.3 Å². The van der Waals surface area contributed by atoms with Crippen molar-refractivity contribution in [2.45, 2.75) is 13.0 Å². The maximum absolute atomic E-state index is 13.4. The molecule has 0 fully saturated rings. The van der Waals surface area contributed by atoms with E-state index < -0.39 is 12.0 Å². The highest BCUT2D eigenvalue weighted by Crippen LogP contribution is 2.31. The maximum atomic E-state index is 13.4. The first-order chi connectivity index (χ1) is 14.5. The van der Waals surface area contributed by atoms with Gasteiger partial charge in [0, 0.05) is 12.4 Å². The van der Waals surface area contributed by atoms with Crippen LogP contribution in [0.1, 0.15) is 24.1 Å². The number of carbonyl (C=O) groups excluding carboxylic acids is 1. The van der Waals surface area contributed by atoms with Crippen molar-refractivity contribution in [1.29, 1.82) is 0 Å². The largest absolute Gasteiger partial charge is 0.497 e. The number of carbonyl (C=O) groups is 1. The molecule has 3 aromatic rings. The summed E-state index contributed by atoms with van der Waals surface area (Å²) >= 11 is 1.28. The van der Waals surface area contributed by atoms with E-state index >= 15 is 0 Å². The molecule has 1 atom stereocenters. The summed E-state index contributed by atoms with van der Waals surface area (Å²) in [4.78, 5) is 35.1. The summed E-state index contributed by atoms with van der Waals surface area (Å²) in [5.74, 6) is 0.168. The molecule has 0 radical (unpaired) electrons. The van der Waals surface area contributed by atoms with Gasteiger partial charge in [0.15, 0.2) is 4.80 Å². The second-order valence-electron chi connectivity index (χ2n) is 6.63. The van der Waals surface area contributed by atoms with Crippen molar-refractivity contribution in [3.8, 4) is 5.75 Å². The molecule has 8 heteroatoms. The molecule has 0 aliphatic carbocycles. The normalized spacial score (nSPS) is 16.1. The van der Waals surface area contributed by atoms with Crippen molar-refractivity contribution >= 4 is 23.4 Å². The van der Waals surface area contributed by atoms with E-state index in [9.17, 15) is 9.59 Å². The number of pyridine rings is 1. The van der Waals surface area contributed by atoms with E-state index in [4.69, 9.17) is 9.47 Å². The Morgan fingerprint density at radius 3 is 2.60 bits per heavy atom. The smallest absolute Gasteiger partial charge is 0.338 e. The minimum atomic E-state index is -0.643. The molecule has 1 aliphatic rings. The molecule has 0 saturated carbocycles. The molecule has 1 unspecified atom stereocenters. The van der Waals surface area contributed by atoms with Crippen LogP contribution in [0.2, 0.25) is 0 Å². The fourth-order valence-electron chi connectivity index (χ4n) is 3.41. The summed E-state index contributed by atoms with van der Waals surface area (Å²) < 4.78 is 12.3. The molecule has 2 aromatic heterocycles. The Morgan fingerprint density at radius 2 is 1.97 bits per heavy atom. The number of allylic oxidation sites excluding steroid dienone is 1. The molecule has 152 valence electrons. The van der Waals surface area contributed by atoms with Crippen LogP contribution in [0, 0.1) is 0 Å². The summed E-state index contributed by atoms with van der Waals surface area (Å²) in [6.45, 7) is 1.75. The number of hydrogen-bond acceptors (Lipinski definition) is 7. The van der Waals surface area contributed by atoms with E-state index in [1.165, 1.54) is 18.4 Å². The van der Waals surface area contributed by atoms with E-state index in [1.807, 2.05) is 24.3 Å². The van der Waals surface area contributed by atoms with Crippen LogP contribution in [0.15, 0.2) is 69.8 Å². The van der Waals surface area contributed by atoms with Gasteiger partial charge < -0.3 is 9.47 Å². The Bertz CT molecular complexity index is 1310. The molecule has 3 heterocycles. The molecule has 0 amide bonds. The first-order valence-corrected chi connectivity index (χ1v) is 10.00. The van der Waals surface area contributed by atoms with Gasteiger partial charge >= 0.3 is 5.97 Å². The lowest BCUT2D eigenvalue weighted by atomic mass is 9.96. The second kappa shape index (κ2) is 8.08. The predicted octanol–water partition coefficient (Wildman–Crippen LogP) is 1.81. The van der Waals surface area contributed by atoms with E-state index in [0.717, 1.165) is 11.1 Å². The summed E-state index contributed by atoms with van der Waals surface area (Å²) in [6, 6.07) is 10.3. The van der Waals surface area contributed by atoms with E-state index in [1.54, 1.807) is 49.2 Å². The van der Waals surface area contributed by atoms with Crippen LogP contribution in [-0.4, -0.2) is 29.7 Å². The van der Waals surface area contributed by atoms with Gasteiger partial charge in [0.05, 0.1) is 36.1 Å². The molecular formula is C22H19N3O4S. The summed E-state index contributed by atoms with van der Waals surface area (Å²) in [7, 11) is 2.90. The fraction of sp³-hybridized carbons (Fsp3) is 0.182. The van der Waals surface area contributed by atoms with Crippen LogP contribution < -0.4 is 19.6 Å². The van der Waals surface area contributed by atoms with E-state index in [2.05, 4.69) is 9.98 Å². The SMILES string of the molecule is COC(=O)C1=C(C)N=c2sc(=Cc3cccnc3)c(=O)n2C1c1ccc(OC)cc1. The molecule has 30 heavy (non-hydrogen) atoms. The van der Waals surface area contributed by atoms with E-state index in [-0.39, 0.29) is 5.56 Å². The minimum absolute atomic E-state index is 0.225. The third kappa shape index (κ3) is 3.46. The van der Waals surface area contributed by atoms with E-state index in [0.29, 0.717) is 26.4 Å². The second-order valence-corrected chi connectivity index (χ2v) is 7.64. The maximum Gasteiger partial charge on any atom is 0.338 e. The van der Waals surface area contributed by atoms with Crippen molar-refractivity contribution in [1.82, 2.24) is 9.55 Å². The van der Waals surface area contributed by atoms with Crippen LogP contribution in [-0.2, 0) is 9.53 Å². The summed E-state index contributed by atoms with van der Waals surface area (Å²) in [5, 5.41) is 0. The Kier molecular flexibility index (Phi) is 5.33. The van der Waals surface area contributed by atoms with Crippen molar-refractivity contribution < 1.29 is 14.3 Å². The number of methoxy groups -OCH3 is 2. The molecule has 1 aromatic carbocycles. The number of ether oxygens (including phenoxy) is 2. The number of hydrogen-bond donors (Lipinski definition) is 0. The van der Waals surface area contributed by atoms with Crippen molar-refractivity contribution in [2.24, 2.45) is 4.99 Å². The summed E-state index contributed by atoms with van der Waals surface area (Å²) in [6.07, 6.45) is 5.14. The quantitative estimate of drug-likeness (QED) is 0.600. The molecule has 4 rings (SSSR count). The zero-order valence-corrected chi connectivity index (χ0v) is 17.5. The van der Waals surface area contributed by atoms with Gasteiger partial charge in [-0.1, -0.05) is 29.5 Å². The predicted molar refractivity (Wildman–Crippen MR) is 113 cm³/mol. The van der Waals surface area contributed by atoms with Gasteiger partial charge in [0.25, 0.3) is 5.56 Å². The zero-order valence-electron chi connectivity index (χ0n) is 16.7. The molecule has 0 spiro atoms. The zero-order chi connectivity index (χ0) is 21.3. The Hall–Kier alpha value is -3.52. The van der Waals surface area contributed by atoms with Gasteiger partial charge in [-0.25, -0.2) is 9.79 Å². The molecular weight excluding hydrogens is 402 g/mol. The van der Waals surface area contributed by atoms with Crippen LogP contribution >= 0.6 is 11.3 Å². The Morgan fingerprint density at radius 1 is 1.20 bits per heavy atom. The van der Waals surface area contributed by atoms with Crippen LogP contribution in [0.3, 0.4) is 0 Å². The lowest BCUT2D eigenvalue weighted by Crippen LogP contribution is -2.39. The molecule has 0 bridgehead atoms. The first kappa shape index (κ1) is 19.8. The highest BCUT2D eigenvalue weighted by Gasteiger charge is 2.33. The van der Waals surface area contributed by atoms with Crippen LogP contribution in [0.5, 0.6) is 5.75 Å². The Balaban J connectivity index is 1.96. The number of aromatic nitrogens is 2. The Labute approximate surface area is 176 Å². The van der Waals surface area contributed by atoms with Gasteiger partial charge in [-0.15, -0.1) is 0 Å². The molecule has 1 aliphatic heterocycles. The lowest BCUT2D eigenvalue weighted by Gasteiger charge is -2.24. The molecule has 7 nitrogen and oxygen atoms in total. The van der Waals surface area contributed by atoms with Crippen LogP contribution in [0.4, 0.5) is 0 Å². The van der Waals surface area contributed by atoms with Crippen LogP contribution in [0.25, 0.3) is 6.08 Å². The van der Waals surface area contributed by atoms with Gasteiger partial charge in [-0.05, 0) is 42.3 Å². The third-order valence-corrected chi connectivity index (χ3v) is 5.82. The number of nitrogens with zero attached hydrogens (tertiary/aromatic N) is 3. The number of rotatable bonds is 4. The minimum Gasteiger partial charge on any atom is -0.497 e. The van der Waals surface area contributed by atoms with Crippen molar-refractivity contribution in [2.75, 3.05) is 14.2 Å². The number of fused-ring (bicyclic) bond motifs is 1. The topological polar surface area (TPSA) is 82.8 Å². The number of esters is 1. The average molecular weight is 421 g/mol. The average Bonchev–Trinajstić information content (AvgIpc) is 3.07. The van der Waals surface area contributed by atoms with Gasteiger partial charge in [0.2, 0.25) is 0 Å². The third-order valence-electron chi connectivity index (χ3n) is 4.84. The highest BCUT2D eigenvalue weighted by molar-refractivity contribution is 7.07. The number of thiazole rings is 1. The standard InChI is InChI=1S/C22H19N3O4S/c1-13-18(21(27)29-3)19(15-6-8-16(28-2)9-7-15)25-20(26)17(30-22(25)24-13)11-14-5-4-10-23-12-14/h4-12,19H,1-3H3. The fourth-order valence-corrected chi connectivity index (χ4v) is 4.45. The monoisotopic (exact) mass is 421 g/mol. The number of benzene rings is 1. The van der Waals surface area contributed by atoms with Gasteiger partial charge in [-0.2, -0.15) is 0 Å². The summed E-state index contributed by atoms with van der Waals surface area (Å²) in [5.41, 5.74) is 2.21. The first-order valence-electron chi connectivity index (χ1n) is 9.18. The molecule has 0 N–H and O–H groups in total. The van der Waals surface area contributed by atoms with Crippen molar-refractivity contribution in [3.63, 3.8) is 0 Å². The molecule has 0 saturated heterocycles.